The molecule has 0 spiro atoms. The van der Waals surface area contributed by atoms with E-state index < -0.39 is 33.3 Å². The largest absolute Gasteiger partial charge is 0.481 e. The van der Waals surface area contributed by atoms with Crippen molar-refractivity contribution < 1.29 is 22.7 Å². The topological polar surface area (TPSA) is 135 Å². The number of benzene rings is 1. The second kappa shape index (κ2) is 11.6. The van der Waals surface area contributed by atoms with Gasteiger partial charge in [0.1, 0.15) is 5.82 Å². The van der Waals surface area contributed by atoms with Gasteiger partial charge < -0.3 is 20.2 Å². The number of piperidine rings is 1. The van der Waals surface area contributed by atoms with Crippen LogP contribution in [0.2, 0.25) is 0 Å². The second-order valence-corrected chi connectivity index (χ2v) is 13.4. The van der Waals surface area contributed by atoms with Crippen molar-refractivity contribution in [1.29, 1.82) is 0 Å². The summed E-state index contributed by atoms with van der Waals surface area (Å²) in [6.45, 7) is 8.07. The molecule has 0 amide bonds. The van der Waals surface area contributed by atoms with Gasteiger partial charge >= 0.3 is 5.97 Å². The Kier molecular flexibility index (Phi) is 8.28. The van der Waals surface area contributed by atoms with E-state index in [1.165, 1.54) is 4.31 Å². The summed E-state index contributed by atoms with van der Waals surface area (Å²) in [6, 6.07) is 9.57. The predicted octanol–water partition coefficient (Wildman–Crippen LogP) is 3.54. The number of carboxylic acid groups (broad SMARTS) is 1. The number of nitrogens with zero attached hydrogens (tertiary/aromatic N) is 5. The molecule has 5 rings (SSSR count). The number of hydrogen-bond donors (Lipinski definition) is 3. The first-order valence-electron chi connectivity index (χ1n) is 14.1. The lowest BCUT2D eigenvalue weighted by Gasteiger charge is -2.42. The number of pyridine rings is 1. The molecule has 226 valence electrons. The third kappa shape index (κ3) is 5.86. The van der Waals surface area contributed by atoms with Gasteiger partial charge in [-0.1, -0.05) is 18.2 Å². The summed E-state index contributed by atoms with van der Waals surface area (Å²) in [7, 11) is -1.83. The lowest BCUT2D eigenvalue weighted by Crippen LogP contribution is -2.52. The Labute approximate surface area is 245 Å². The van der Waals surface area contributed by atoms with Crippen molar-refractivity contribution in [3.8, 4) is 0 Å². The number of nitrogens with one attached hydrogen (secondary N) is 2. The van der Waals surface area contributed by atoms with Crippen LogP contribution in [0.4, 0.5) is 21.7 Å². The standard InChI is InChI=1S/C29H38FN7O4S/c1-19-7-5-6-8-24(19)42(40,41)37-10-9-29(28(38)39,17-21(37)3)18-22-27(30)23(36-13-11-35(4)12-14-36)16-25(31-22)32-26-15-20(2)33-34-26/h5-8,15-16,21H,9-14,17-18H2,1-4H3,(H,38,39)(H2,31,32,33,34)/t21-,29-/m1/s1. The number of sulfonamides is 1. The van der Waals surface area contributed by atoms with Crippen molar-refractivity contribution in [3.63, 3.8) is 0 Å². The summed E-state index contributed by atoms with van der Waals surface area (Å²) in [5.74, 6) is -0.768. The summed E-state index contributed by atoms with van der Waals surface area (Å²) in [6.07, 6.45) is -0.125. The number of aromatic amines is 1. The zero-order valence-electron chi connectivity index (χ0n) is 24.4. The Morgan fingerprint density at radius 1 is 1.14 bits per heavy atom. The highest BCUT2D eigenvalue weighted by Gasteiger charge is 2.48. The van der Waals surface area contributed by atoms with Gasteiger partial charge in [0.15, 0.2) is 11.6 Å². The van der Waals surface area contributed by atoms with Gasteiger partial charge in [-0.25, -0.2) is 17.8 Å². The van der Waals surface area contributed by atoms with Gasteiger partial charge in [-0.05, 0) is 52.3 Å². The van der Waals surface area contributed by atoms with Crippen LogP contribution in [0.5, 0.6) is 0 Å². The smallest absolute Gasteiger partial charge is 0.310 e. The van der Waals surface area contributed by atoms with E-state index in [0.29, 0.717) is 36.0 Å². The van der Waals surface area contributed by atoms with Crippen molar-refractivity contribution in [3.05, 3.63) is 59.2 Å². The number of aliphatic carboxylic acids is 1. The van der Waals surface area contributed by atoms with Crippen molar-refractivity contribution in [2.45, 2.75) is 51.0 Å². The monoisotopic (exact) mass is 599 g/mol. The Hall–Kier alpha value is -3.55. The molecule has 0 saturated carbocycles. The molecular formula is C29H38FN7O4S. The molecule has 13 heteroatoms. The number of aromatic nitrogens is 3. The molecule has 0 aliphatic carbocycles. The van der Waals surface area contributed by atoms with Crippen LogP contribution in [0.3, 0.4) is 0 Å². The average Bonchev–Trinajstić information content (AvgIpc) is 3.35. The number of anilines is 3. The number of carboxylic acids is 1. The van der Waals surface area contributed by atoms with Crippen LogP contribution in [-0.4, -0.2) is 89.7 Å². The molecule has 4 heterocycles. The van der Waals surface area contributed by atoms with Gasteiger partial charge in [-0.15, -0.1) is 0 Å². The minimum atomic E-state index is -3.84. The summed E-state index contributed by atoms with van der Waals surface area (Å²) >= 11 is 0. The molecule has 0 radical (unpaired) electrons. The molecule has 3 aromatic rings. The zero-order chi connectivity index (χ0) is 30.2. The second-order valence-electron chi connectivity index (χ2n) is 11.6. The first-order valence-corrected chi connectivity index (χ1v) is 15.6. The fourth-order valence-electron chi connectivity index (χ4n) is 6.03. The molecule has 2 saturated heterocycles. The summed E-state index contributed by atoms with van der Waals surface area (Å²) in [4.78, 5) is 21.7. The summed E-state index contributed by atoms with van der Waals surface area (Å²) < 4.78 is 44.7. The third-order valence-corrected chi connectivity index (χ3v) is 10.6. The Bertz CT molecular complexity index is 1570. The number of aryl methyl sites for hydroxylation is 2. The number of carbonyl (C=O) groups is 1. The molecule has 1 aromatic carbocycles. The van der Waals surface area contributed by atoms with E-state index in [-0.39, 0.29) is 36.4 Å². The molecule has 2 fully saturated rings. The number of hydrogen-bond acceptors (Lipinski definition) is 8. The Balaban J connectivity index is 1.47. The number of rotatable bonds is 8. The van der Waals surface area contributed by atoms with Gasteiger partial charge in [0.05, 0.1) is 21.7 Å². The summed E-state index contributed by atoms with van der Waals surface area (Å²) in [5.41, 5.74) is 0.456. The average molecular weight is 600 g/mol. The van der Waals surface area contributed by atoms with Crippen LogP contribution >= 0.6 is 0 Å². The Morgan fingerprint density at radius 2 is 1.86 bits per heavy atom. The highest BCUT2D eigenvalue weighted by atomic mass is 32.2. The van der Waals surface area contributed by atoms with E-state index in [1.807, 2.05) is 18.9 Å². The number of likely N-dealkylation sites (N-methyl/N-ethyl adjacent to an activating group) is 1. The maximum absolute atomic E-state index is 16.2. The molecular weight excluding hydrogens is 561 g/mol. The molecule has 42 heavy (non-hydrogen) atoms. The molecule has 11 nitrogen and oxygen atoms in total. The zero-order valence-corrected chi connectivity index (χ0v) is 25.2. The van der Waals surface area contributed by atoms with Crippen molar-refractivity contribution in [2.24, 2.45) is 5.41 Å². The number of halogens is 1. The van der Waals surface area contributed by atoms with Gasteiger partial charge in [0.25, 0.3) is 0 Å². The van der Waals surface area contributed by atoms with Crippen LogP contribution in [0.1, 0.15) is 36.7 Å². The van der Waals surface area contributed by atoms with Crippen LogP contribution in [-0.2, 0) is 21.2 Å². The minimum absolute atomic E-state index is 0.00155. The van der Waals surface area contributed by atoms with Crippen LogP contribution in [0.25, 0.3) is 0 Å². The van der Waals surface area contributed by atoms with Crippen molar-refractivity contribution in [1.82, 2.24) is 24.4 Å². The van der Waals surface area contributed by atoms with Gasteiger partial charge in [-0.3, -0.25) is 9.89 Å². The van der Waals surface area contributed by atoms with E-state index in [0.717, 1.165) is 18.8 Å². The van der Waals surface area contributed by atoms with Crippen LogP contribution in [0.15, 0.2) is 41.3 Å². The van der Waals surface area contributed by atoms with E-state index in [2.05, 4.69) is 25.4 Å². The minimum Gasteiger partial charge on any atom is -0.481 e. The molecule has 0 bridgehead atoms. The van der Waals surface area contributed by atoms with Gasteiger partial charge in [0.2, 0.25) is 10.0 Å². The van der Waals surface area contributed by atoms with Crippen LogP contribution in [0, 0.1) is 25.1 Å². The third-order valence-electron chi connectivity index (χ3n) is 8.44. The maximum Gasteiger partial charge on any atom is 0.310 e. The molecule has 2 atom stereocenters. The lowest BCUT2D eigenvalue weighted by molar-refractivity contribution is -0.152. The predicted molar refractivity (Wildman–Crippen MR) is 158 cm³/mol. The van der Waals surface area contributed by atoms with Crippen molar-refractivity contribution >= 4 is 33.3 Å². The van der Waals surface area contributed by atoms with E-state index in [4.69, 9.17) is 0 Å². The SMILES string of the molecule is Cc1cc(Nc2cc(N3CCN(C)CC3)c(F)c(C[C@@]3(C(=O)O)CCN(S(=O)(=O)c4ccccc4C)[C@H](C)C3)n2)n[nH]1. The first-order chi connectivity index (χ1) is 19.9. The van der Waals surface area contributed by atoms with Gasteiger partial charge in [0, 0.05) is 63.0 Å². The number of H-pyrrole nitrogens is 1. The molecule has 2 aromatic heterocycles. The van der Waals surface area contributed by atoms with Crippen molar-refractivity contribution in [2.75, 3.05) is 50.0 Å². The normalized spacial score (nSPS) is 22.3. The fraction of sp³-hybridized carbons (Fsp3) is 0.483. The Morgan fingerprint density at radius 3 is 2.48 bits per heavy atom. The molecule has 2 aliphatic heterocycles. The number of piperazine rings is 1. The highest BCUT2D eigenvalue weighted by Crippen LogP contribution is 2.42. The van der Waals surface area contributed by atoms with E-state index in [9.17, 15) is 18.3 Å². The maximum atomic E-state index is 16.2. The van der Waals surface area contributed by atoms with E-state index in [1.54, 1.807) is 50.2 Å². The first kappa shape index (κ1) is 29.9. The van der Waals surface area contributed by atoms with Gasteiger partial charge in [-0.2, -0.15) is 9.40 Å². The highest BCUT2D eigenvalue weighted by molar-refractivity contribution is 7.89. The molecule has 3 N–H and O–H groups in total. The van der Waals surface area contributed by atoms with Crippen LogP contribution < -0.4 is 10.2 Å². The molecule has 2 aliphatic rings. The quantitative estimate of drug-likeness (QED) is 0.355. The fourth-order valence-corrected chi connectivity index (χ4v) is 7.89. The summed E-state index contributed by atoms with van der Waals surface area (Å²) in [5, 5.41) is 20.7. The molecule has 0 unspecified atom stereocenters. The van der Waals surface area contributed by atoms with E-state index >= 15 is 4.39 Å². The lowest BCUT2D eigenvalue weighted by atomic mass is 9.73.